The van der Waals surface area contributed by atoms with Crippen LogP contribution in [-0.4, -0.2) is 59.3 Å². The van der Waals surface area contributed by atoms with Crippen LogP contribution < -0.4 is 20.1 Å². The Bertz CT molecular complexity index is 1440. The summed E-state index contributed by atoms with van der Waals surface area (Å²) in [5.74, 6) is 1.09. The zero-order valence-electron chi connectivity index (χ0n) is 23.9. The van der Waals surface area contributed by atoms with Gasteiger partial charge in [-0.2, -0.15) is 0 Å². The van der Waals surface area contributed by atoms with Crippen LogP contribution in [0, 0.1) is 5.82 Å². The summed E-state index contributed by atoms with van der Waals surface area (Å²) in [4.78, 5) is 25.4. The first-order chi connectivity index (χ1) is 19.3. The molecule has 3 aromatic rings. The Morgan fingerprint density at radius 1 is 1.15 bits per heavy atom. The number of rotatable bonds is 6. The monoisotopic (exact) mass is 605 g/mol. The average molecular weight is 607 g/mol. The number of carbonyl (C=O) groups is 1. The summed E-state index contributed by atoms with van der Waals surface area (Å²) in [6.07, 6.45) is 2.25. The summed E-state index contributed by atoms with van der Waals surface area (Å²) in [7, 11) is 1.57. The lowest BCUT2D eigenvalue weighted by Gasteiger charge is -2.40. The molecule has 1 aliphatic heterocycles. The number of anilines is 2. The van der Waals surface area contributed by atoms with Gasteiger partial charge in [0.05, 0.1) is 12.1 Å². The molecule has 4 rings (SSSR count). The summed E-state index contributed by atoms with van der Waals surface area (Å²) in [5.41, 5.74) is 7.18. The Hall–Kier alpha value is -3.50. The lowest BCUT2D eigenvalue weighted by molar-refractivity contribution is 0.0218. The number of nitrogens with two attached hydrogens (primary N) is 1. The third kappa shape index (κ3) is 6.87. The van der Waals surface area contributed by atoms with Gasteiger partial charge in [0.2, 0.25) is 0 Å². The number of amides is 1. The Morgan fingerprint density at radius 2 is 1.88 bits per heavy atom. The minimum Gasteiger partial charge on any atom is -0.496 e. The maximum absolute atomic E-state index is 14.1. The van der Waals surface area contributed by atoms with E-state index in [-0.39, 0.29) is 33.7 Å². The molecule has 220 valence electrons. The van der Waals surface area contributed by atoms with Gasteiger partial charge in [-0.1, -0.05) is 23.2 Å². The van der Waals surface area contributed by atoms with Crippen LogP contribution in [0.3, 0.4) is 0 Å². The molecule has 1 saturated heterocycles. The maximum Gasteiger partial charge on any atom is 0.410 e. The van der Waals surface area contributed by atoms with Crippen molar-refractivity contribution in [2.24, 2.45) is 0 Å². The van der Waals surface area contributed by atoms with Crippen LogP contribution in [0.15, 0.2) is 36.7 Å². The number of aromatic nitrogens is 2. The molecular weight excluding hydrogens is 572 g/mol. The van der Waals surface area contributed by atoms with Crippen molar-refractivity contribution in [3.8, 4) is 22.6 Å². The highest BCUT2D eigenvalue weighted by atomic mass is 35.5. The first-order valence-corrected chi connectivity index (χ1v) is 13.9. The second kappa shape index (κ2) is 12.2. The number of benzene rings is 1. The molecular formula is C29H34Cl2FN5O4. The van der Waals surface area contributed by atoms with Crippen molar-refractivity contribution in [1.29, 1.82) is 0 Å². The topological polar surface area (TPSA) is 103 Å². The lowest BCUT2D eigenvalue weighted by Crippen LogP contribution is -2.54. The molecule has 1 amide bonds. The minimum absolute atomic E-state index is 0.000441. The van der Waals surface area contributed by atoms with E-state index in [1.54, 1.807) is 37.4 Å². The highest BCUT2D eigenvalue weighted by Gasteiger charge is 2.31. The van der Waals surface area contributed by atoms with Crippen LogP contribution in [-0.2, 0) is 4.74 Å². The third-order valence-corrected chi connectivity index (χ3v) is 7.34. The van der Waals surface area contributed by atoms with E-state index in [0.29, 0.717) is 47.9 Å². The zero-order valence-corrected chi connectivity index (χ0v) is 25.4. The molecule has 12 heteroatoms. The van der Waals surface area contributed by atoms with Crippen LogP contribution in [0.5, 0.6) is 11.5 Å². The van der Waals surface area contributed by atoms with E-state index in [1.165, 1.54) is 12.1 Å². The molecule has 0 aliphatic carbocycles. The lowest BCUT2D eigenvalue weighted by atomic mass is 10.1. The SMILES string of the molecule is COc1cc(N2CCN(C(=O)OC(C)(C)C)C[C@@H]2C)ncc1-c1cnc(N)c(O[C@H](C)c2c(Cl)ccc(F)c2Cl)c1. The second-order valence-corrected chi connectivity index (χ2v) is 11.6. The second-order valence-electron chi connectivity index (χ2n) is 10.8. The Kier molecular flexibility index (Phi) is 9.03. The van der Waals surface area contributed by atoms with E-state index in [9.17, 15) is 9.18 Å². The number of nitrogens with zero attached hydrogens (tertiary/aromatic N) is 4. The number of ether oxygens (including phenoxy) is 3. The van der Waals surface area contributed by atoms with Crippen molar-refractivity contribution < 1.29 is 23.4 Å². The van der Waals surface area contributed by atoms with Crippen LogP contribution >= 0.6 is 23.2 Å². The fraction of sp³-hybridized carbons (Fsp3) is 0.414. The van der Waals surface area contributed by atoms with E-state index in [2.05, 4.69) is 9.88 Å². The van der Waals surface area contributed by atoms with Crippen LogP contribution in [0.2, 0.25) is 10.0 Å². The number of hydrogen-bond donors (Lipinski definition) is 1. The summed E-state index contributed by atoms with van der Waals surface area (Å²) in [6.45, 7) is 10.9. The van der Waals surface area contributed by atoms with Crippen LogP contribution in [0.1, 0.15) is 46.3 Å². The third-order valence-electron chi connectivity index (χ3n) is 6.63. The summed E-state index contributed by atoms with van der Waals surface area (Å²) >= 11 is 12.4. The zero-order chi connectivity index (χ0) is 30.1. The summed E-state index contributed by atoms with van der Waals surface area (Å²) in [5, 5.41) is 0.157. The molecule has 1 fully saturated rings. The van der Waals surface area contributed by atoms with Crippen molar-refractivity contribution >= 4 is 40.9 Å². The molecule has 3 heterocycles. The van der Waals surface area contributed by atoms with E-state index in [1.807, 2.05) is 33.8 Å². The van der Waals surface area contributed by atoms with Crippen molar-refractivity contribution in [2.75, 3.05) is 37.4 Å². The van der Waals surface area contributed by atoms with Gasteiger partial charge in [-0.3, -0.25) is 0 Å². The quantitative estimate of drug-likeness (QED) is 0.307. The van der Waals surface area contributed by atoms with E-state index in [4.69, 9.17) is 48.1 Å². The molecule has 2 aromatic heterocycles. The van der Waals surface area contributed by atoms with Crippen molar-refractivity contribution in [3.05, 3.63) is 58.1 Å². The highest BCUT2D eigenvalue weighted by Crippen LogP contribution is 2.39. The van der Waals surface area contributed by atoms with Gasteiger partial charge in [-0.25, -0.2) is 19.2 Å². The molecule has 41 heavy (non-hydrogen) atoms. The van der Waals surface area contributed by atoms with E-state index < -0.39 is 17.5 Å². The van der Waals surface area contributed by atoms with E-state index in [0.717, 1.165) is 0 Å². The molecule has 0 radical (unpaired) electrons. The molecule has 0 saturated carbocycles. The largest absolute Gasteiger partial charge is 0.496 e. The predicted octanol–water partition coefficient (Wildman–Crippen LogP) is 6.77. The fourth-order valence-corrected chi connectivity index (χ4v) is 5.30. The van der Waals surface area contributed by atoms with Crippen LogP contribution in [0.4, 0.5) is 20.8 Å². The van der Waals surface area contributed by atoms with Gasteiger partial charge in [0, 0.05) is 65.8 Å². The number of pyridine rings is 2. The maximum atomic E-state index is 14.1. The van der Waals surface area contributed by atoms with Gasteiger partial charge >= 0.3 is 6.09 Å². The standard InChI is InChI=1S/C29H34Cl2FN5O4/c1-16-15-36(28(38)41-29(3,4)5)9-10-37(16)24-12-22(39-6)19(14-34-24)18-11-23(27(33)35-13-18)40-17(2)25-20(30)7-8-21(32)26(25)31/h7-8,11-14,16-17H,9-10,15H2,1-6H3,(H2,33,35)/t16-,17+/m0/s1. The molecule has 0 bridgehead atoms. The van der Waals surface area contributed by atoms with Crippen molar-refractivity contribution in [1.82, 2.24) is 14.9 Å². The molecule has 0 spiro atoms. The van der Waals surface area contributed by atoms with E-state index >= 15 is 0 Å². The number of halogens is 3. The Balaban J connectivity index is 1.55. The minimum atomic E-state index is -0.715. The number of nitrogen functional groups attached to an aromatic ring is 1. The number of carbonyl (C=O) groups excluding carboxylic acids is 1. The Labute approximate surface area is 249 Å². The molecule has 2 atom stereocenters. The molecule has 9 nitrogen and oxygen atoms in total. The molecule has 0 unspecified atom stereocenters. The molecule has 1 aliphatic rings. The number of piperazine rings is 1. The van der Waals surface area contributed by atoms with Gasteiger partial charge < -0.3 is 29.7 Å². The predicted molar refractivity (Wildman–Crippen MR) is 159 cm³/mol. The summed E-state index contributed by atoms with van der Waals surface area (Å²) < 4.78 is 31.4. The summed E-state index contributed by atoms with van der Waals surface area (Å²) in [6, 6.07) is 6.18. The van der Waals surface area contributed by atoms with Gasteiger partial charge in [0.1, 0.15) is 29.1 Å². The van der Waals surface area contributed by atoms with Crippen molar-refractivity contribution in [3.63, 3.8) is 0 Å². The first kappa shape index (κ1) is 30.5. The fourth-order valence-electron chi connectivity index (χ4n) is 4.62. The normalized spacial score (nSPS) is 16.4. The van der Waals surface area contributed by atoms with Crippen molar-refractivity contribution in [2.45, 2.75) is 52.4 Å². The first-order valence-electron chi connectivity index (χ1n) is 13.1. The van der Waals surface area contributed by atoms with Gasteiger partial charge in [0.15, 0.2) is 11.6 Å². The van der Waals surface area contributed by atoms with Crippen LogP contribution in [0.25, 0.3) is 11.1 Å². The number of hydrogen-bond acceptors (Lipinski definition) is 8. The van der Waals surface area contributed by atoms with Gasteiger partial charge in [0.25, 0.3) is 0 Å². The molecule has 2 N–H and O–H groups in total. The average Bonchev–Trinajstić information content (AvgIpc) is 2.91. The molecule has 1 aromatic carbocycles. The van der Waals surface area contributed by atoms with Gasteiger partial charge in [-0.05, 0) is 52.8 Å². The highest BCUT2D eigenvalue weighted by molar-refractivity contribution is 6.36. The number of methoxy groups -OCH3 is 1. The smallest absolute Gasteiger partial charge is 0.410 e. The van der Waals surface area contributed by atoms with Gasteiger partial charge in [-0.15, -0.1) is 0 Å². The Morgan fingerprint density at radius 3 is 2.54 bits per heavy atom.